The van der Waals surface area contributed by atoms with Gasteiger partial charge < -0.3 is 4.74 Å². The Labute approximate surface area is 90.5 Å². The first-order valence-electron chi connectivity index (χ1n) is 4.19. The van der Waals surface area contributed by atoms with Gasteiger partial charge in [0.2, 0.25) is 0 Å². The second kappa shape index (κ2) is 8.45. The molecule has 0 radical (unpaired) electrons. The Kier molecular flexibility index (Phi) is 7.75. The van der Waals surface area contributed by atoms with Crippen molar-refractivity contribution in [3.63, 3.8) is 0 Å². The summed E-state index contributed by atoms with van der Waals surface area (Å²) in [5.41, 5.74) is 1.03. The van der Waals surface area contributed by atoms with Gasteiger partial charge in [0, 0.05) is 5.56 Å². The van der Waals surface area contributed by atoms with Crippen LogP contribution in [-0.4, -0.2) is 13.4 Å². The van der Waals surface area contributed by atoms with Crippen molar-refractivity contribution in [1.29, 1.82) is 0 Å². The fraction of sp³-hybridized carbons (Fsp3) is 0.167. The second-order valence-electron chi connectivity index (χ2n) is 2.35. The van der Waals surface area contributed by atoms with Crippen LogP contribution in [0.2, 0.25) is 0 Å². The average molecular weight is 208 g/mol. The first-order chi connectivity index (χ1) is 6.79. The molecule has 76 valence electrons. The lowest BCUT2D eigenvalue weighted by Gasteiger charge is -2.01. The van der Waals surface area contributed by atoms with Crippen LogP contribution in [-0.2, 0) is 0 Å². The van der Waals surface area contributed by atoms with Crippen LogP contribution < -0.4 is 4.74 Å². The van der Waals surface area contributed by atoms with Crippen molar-refractivity contribution >= 4 is 17.8 Å². The molecule has 1 aromatic rings. The van der Waals surface area contributed by atoms with Crippen LogP contribution in [0.25, 0.3) is 6.08 Å². The Hall–Kier alpha value is -1.15. The van der Waals surface area contributed by atoms with E-state index in [2.05, 4.69) is 13.2 Å². The fourth-order valence-corrected chi connectivity index (χ4v) is 0.835. The van der Waals surface area contributed by atoms with Crippen molar-refractivity contribution in [2.24, 2.45) is 0 Å². The van der Waals surface area contributed by atoms with Crippen molar-refractivity contribution in [2.75, 3.05) is 13.4 Å². The molecule has 1 aromatic carbocycles. The third-order valence-corrected chi connectivity index (χ3v) is 1.86. The van der Waals surface area contributed by atoms with Gasteiger partial charge in [-0.25, -0.2) is 0 Å². The van der Waals surface area contributed by atoms with E-state index in [4.69, 9.17) is 4.74 Å². The number of ether oxygens (including phenoxy) is 1. The van der Waals surface area contributed by atoms with Gasteiger partial charge >= 0.3 is 0 Å². The van der Waals surface area contributed by atoms with E-state index in [1.165, 1.54) is 0 Å². The molecule has 1 nitrogen and oxygen atoms in total. The van der Waals surface area contributed by atoms with E-state index in [1.54, 1.807) is 30.4 Å². The van der Waals surface area contributed by atoms with Crippen molar-refractivity contribution in [3.05, 3.63) is 48.4 Å². The first kappa shape index (κ1) is 12.8. The monoisotopic (exact) mass is 208 g/mol. The highest BCUT2D eigenvalue weighted by molar-refractivity contribution is 8.01. The Balaban J connectivity index is 0.000000364. The van der Waals surface area contributed by atoms with Crippen LogP contribution in [0.15, 0.2) is 42.8 Å². The van der Waals surface area contributed by atoms with Crippen LogP contribution in [0, 0.1) is 0 Å². The van der Waals surface area contributed by atoms with Crippen molar-refractivity contribution in [2.45, 2.75) is 0 Å². The zero-order valence-corrected chi connectivity index (χ0v) is 9.51. The van der Waals surface area contributed by atoms with E-state index in [0.717, 1.165) is 11.3 Å². The van der Waals surface area contributed by atoms with Crippen molar-refractivity contribution in [3.8, 4) is 5.75 Å². The predicted octanol–water partition coefficient (Wildman–Crippen LogP) is 3.83. The van der Waals surface area contributed by atoms with Crippen LogP contribution in [0.1, 0.15) is 5.56 Å². The molecule has 0 unspecified atom stereocenters. The third-order valence-electron chi connectivity index (χ3n) is 1.53. The summed E-state index contributed by atoms with van der Waals surface area (Å²) in [5.74, 6) is 0.873. The van der Waals surface area contributed by atoms with Crippen molar-refractivity contribution in [1.82, 2.24) is 0 Å². The number of para-hydroxylation sites is 1. The smallest absolute Gasteiger partial charge is 0.126 e. The van der Waals surface area contributed by atoms with Crippen LogP contribution >= 0.6 is 11.8 Å². The molecule has 0 aliphatic rings. The first-order valence-corrected chi connectivity index (χ1v) is 5.48. The normalized spacial score (nSPS) is 8.14. The summed E-state index contributed by atoms with van der Waals surface area (Å²) in [4.78, 5) is 0. The molecular formula is C12H16OS. The molecule has 0 aliphatic heterocycles. The lowest BCUT2D eigenvalue weighted by Crippen LogP contribution is -1.84. The van der Waals surface area contributed by atoms with E-state index in [9.17, 15) is 0 Å². The Morgan fingerprint density at radius 1 is 1.29 bits per heavy atom. The molecule has 14 heavy (non-hydrogen) atoms. The summed E-state index contributed by atoms with van der Waals surface area (Å²) >= 11 is 1.62. The molecule has 0 saturated heterocycles. The second-order valence-corrected chi connectivity index (χ2v) is 3.15. The molecule has 0 spiro atoms. The zero-order valence-electron chi connectivity index (χ0n) is 8.69. The summed E-state index contributed by atoms with van der Waals surface area (Å²) in [6.45, 7) is 7.10. The molecule has 0 aliphatic carbocycles. The summed E-state index contributed by atoms with van der Waals surface area (Å²) in [6.07, 6.45) is 3.76. The van der Waals surface area contributed by atoms with Gasteiger partial charge in [0.1, 0.15) is 5.75 Å². The highest BCUT2D eigenvalue weighted by atomic mass is 32.2. The number of methoxy groups -OCH3 is 1. The molecular weight excluding hydrogens is 192 g/mol. The van der Waals surface area contributed by atoms with E-state index < -0.39 is 0 Å². The molecule has 0 bridgehead atoms. The third kappa shape index (κ3) is 4.77. The molecule has 1 rings (SSSR count). The highest BCUT2D eigenvalue weighted by Gasteiger charge is 1.93. The van der Waals surface area contributed by atoms with E-state index >= 15 is 0 Å². The maximum atomic E-state index is 5.06. The van der Waals surface area contributed by atoms with Gasteiger partial charge in [-0.1, -0.05) is 37.4 Å². The summed E-state index contributed by atoms with van der Waals surface area (Å²) < 4.78 is 5.06. The molecule has 0 heterocycles. The van der Waals surface area contributed by atoms with Gasteiger partial charge in [-0.15, -0.1) is 11.8 Å². The van der Waals surface area contributed by atoms with E-state index in [1.807, 2.05) is 30.5 Å². The minimum atomic E-state index is 0.873. The standard InChI is InChI=1S/C9H10O.C3H6S/c1-3-8-6-4-5-7-9(8)10-2;1-3-4-2/h3-7H,1H2,2H3;3H,1H2,2H3. The molecule has 0 amide bonds. The largest absolute Gasteiger partial charge is 0.496 e. The number of rotatable bonds is 3. The molecule has 2 heteroatoms. The quantitative estimate of drug-likeness (QED) is 0.746. The minimum absolute atomic E-state index is 0.873. The number of benzene rings is 1. The Morgan fingerprint density at radius 3 is 2.21 bits per heavy atom. The molecule has 0 atom stereocenters. The average Bonchev–Trinajstić information content (AvgIpc) is 2.29. The van der Waals surface area contributed by atoms with E-state index in [-0.39, 0.29) is 0 Å². The fourth-order valence-electron chi connectivity index (χ4n) is 0.835. The van der Waals surface area contributed by atoms with Gasteiger partial charge in [-0.05, 0) is 17.7 Å². The SMILES string of the molecule is C=CSC.C=Cc1ccccc1OC. The summed E-state index contributed by atoms with van der Waals surface area (Å²) in [6, 6.07) is 7.77. The van der Waals surface area contributed by atoms with Crippen molar-refractivity contribution < 1.29 is 4.74 Å². The molecule has 0 fully saturated rings. The Morgan fingerprint density at radius 2 is 1.86 bits per heavy atom. The summed E-state index contributed by atoms with van der Waals surface area (Å²) in [7, 11) is 1.66. The van der Waals surface area contributed by atoms with Gasteiger partial charge in [-0.3, -0.25) is 0 Å². The maximum Gasteiger partial charge on any atom is 0.126 e. The van der Waals surface area contributed by atoms with Gasteiger partial charge in [0.25, 0.3) is 0 Å². The van der Waals surface area contributed by atoms with Crippen LogP contribution in [0.5, 0.6) is 5.75 Å². The number of hydrogen-bond acceptors (Lipinski definition) is 2. The van der Waals surface area contributed by atoms with Gasteiger partial charge in [0.15, 0.2) is 0 Å². The minimum Gasteiger partial charge on any atom is -0.496 e. The highest BCUT2D eigenvalue weighted by Crippen LogP contribution is 2.17. The number of hydrogen-bond donors (Lipinski definition) is 0. The van der Waals surface area contributed by atoms with Crippen LogP contribution in [0.4, 0.5) is 0 Å². The molecule has 0 saturated carbocycles. The van der Waals surface area contributed by atoms with Gasteiger partial charge in [0.05, 0.1) is 7.11 Å². The summed E-state index contributed by atoms with van der Waals surface area (Å²) in [5, 5.41) is 1.79. The zero-order chi connectivity index (χ0) is 10.8. The van der Waals surface area contributed by atoms with E-state index in [0.29, 0.717) is 0 Å². The lowest BCUT2D eigenvalue weighted by molar-refractivity contribution is 0.414. The Bertz CT molecular complexity index is 281. The maximum absolute atomic E-state index is 5.06. The molecule has 0 aromatic heterocycles. The topological polar surface area (TPSA) is 9.23 Å². The number of thioether (sulfide) groups is 1. The van der Waals surface area contributed by atoms with Crippen LogP contribution in [0.3, 0.4) is 0 Å². The molecule has 0 N–H and O–H groups in total. The lowest BCUT2D eigenvalue weighted by atomic mass is 10.2. The predicted molar refractivity (Wildman–Crippen MR) is 66.8 cm³/mol. The van der Waals surface area contributed by atoms with Gasteiger partial charge in [-0.2, -0.15) is 0 Å².